The zero-order chi connectivity index (χ0) is 33.9. The molecule has 268 valence electrons. The summed E-state index contributed by atoms with van der Waals surface area (Å²) in [4.78, 5) is 49.5. The third-order valence-electron chi connectivity index (χ3n) is 8.69. The molecule has 6 N–H and O–H groups in total. The number of carbonyl (C=O) groups is 4. The van der Waals surface area contributed by atoms with Crippen LogP contribution in [0.5, 0.6) is 0 Å². The van der Waals surface area contributed by atoms with E-state index in [1.807, 2.05) is 0 Å². The van der Waals surface area contributed by atoms with E-state index in [9.17, 15) is 29.4 Å². The molecule has 0 aromatic rings. The van der Waals surface area contributed by atoms with Gasteiger partial charge in [0.15, 0.2) is 0 Å². The van der Waals surface area contributed by atoms with Crippen LogP contribution in [0.2, 0.25) is 0 Å². The maximum Gasteiger partial charge on any atom is 0.405 e. The number of nitrogens with one attached hydrogen (secondary N) is 4. The van der Waals surface area contributed by atoms with Gasteiger partial charge >= 0.3 is 6.09 Å². The topological polar surface area (TPSA) is 157 Å². The van der Waals surface area contributed by atoms with Crippen LogP contribution >= 0.6 is 11.8 Å². The van der Waals surface area contributed by atoms with Gasteiger partial charge in [-0.15, -0.1) is 0 Å². The largest absolute Gasteiger partial charge is 0.465 e. The highest BCUT2D eigenvalue weighted by molar-refractivity contribution is 7.99. The van der Waals surface area contributed by atoms with Crippen LogP contribution in [-0.2, 0) is 14.4 Å². The quantitative estimate of drug-likeness (QED) is 0.0464. The van der Waals surface area contributed by atoms with Crippen LogP contribution in [0.25, 0.3) is 0 Å². The molecule has 1 fully saturated rings. The molecule has 1 saturated carbocycles. The van der Waals surface area contributed by atoms with Gasteiger partial charge in [-0.25, -0.2) is 4.79 Å². The fourth-order valence-corrected chi connectivity index (χ4v) is 6.54. The molecular formula is C35H66N4O6S. The van der Waals surface area contributed by atoms with Crippen molar-refractivity contribution in [3.8, 4) is 0 Å². The normalized spacial score (nSPS) is 14.7. The molecule has 1 aliphatic rings. The van der Waals surface area contributed by atoms with Gasteiger partial charge in [-0.2, -0.15) is 11.8 Å². The molecule has 0 radical (unpaired) electrons. The number of rotatable bonds is 31. The van der Waals surface area contributed by atoms with Crippen molar-refractivity contribution in [3.63, 3.8) is 0 Å². The van der Waals surface area contributed by atoms with Gasteiger partial charge in [0.2, 0.25) is 17.7 Å². The van der Waals surface area contributed by atoms with Gasteiger partial charge in [0.25, 0.3) is 0 Å². The molecule has 46 heavy (non-hydrogen) atoms. The highest BCUT2D eigenvalue weighted by atomic mass is 32.2. The smallest absolute Gasteiger partial charge is 0.405 e. The molecule has 0 bridgehead atoms. The van der Waals surface area contributed by atoms with E-state index in [2.05, 4.69) is 35.1 Å². The summed E-state index contributed by atoms with van der Waals surface area (Å²) in [5.41, 5.74) is -0.648. The molecule has 0 aliphatic heterocycles. The van der Waals surface area contributed by atoms with Gasteiger partial charge < -0.3 is 31.5 Å². The number of carboxylic acid groups (broad SMARTS) is 1. The molecule has 0 aromatic carbocycles. The Morgan fingerprint density at radius 2 is 1.15 bits per heavy atom. The number of hydrogen-bond donors (Lipinski definition) is 6. The van der Waals surface area contributed by atoms with E-state index in [1.54, 1.807) is 0 Å². The predicted octanol–water partition coefficient (Wildman–Crippen LogP) is 6.44. The first-order valence-electron chi connectivity index (χ1n) is 18.3. The first-order valence-corrected chi connectivity index (χ1v) is 19.5. The minimum absolute atomic E-state index is 0.0327. The Morgan fingerprint density at radius 3 is 1.61 bits per heavy atom. The first kappa shape index (κ1) is 42.0. The van der Waals surface area contributed by atoms with Crippen LogP contribution in [0, 0.1) is 0 Å². The van der Waals surface area contributed by atoms with Crippen LogP contribution in [0.4, 0.5) is 4.79 Å². The fourth-order valence-electron chi connectivity index (χ4n) is 5.45. The fraction of sp³-hybridized carbons (Fsp3) is 0.886. The summed E-state index contributed by atoms with van der Waals surface area (Å²) in [5, 5.41) is 29.9. The molecule has 10 nitrogen and oxygen atoms in total. The van der Waals surface area contributed by atoms with Crippen molar-refractivity contribution in [2.24, 2.45) is 0 Å². The summed E-state index contributed by atoms with van der Waals surface area (Å²) in [6.07, 6.45) is 22.1. The van der Waals surface area contributed by atoms with Gasteiger partial charge in [-0.05, 0) is 25.7 Å². The molecule has 0 saturated heterocycles. The second kappa shape index (κ2) is 27.0. The lowest BCUT2D eigenvalue weighted by atomic mass is 10.1. The highest BCUT2D eigenvalue weighted by Gasteiger charge is 2.44. The molecule has 1 rings (SSSR count). The van der Waals surface area contributed by atoms with Crippen molar-refractivity contribution in [1.82, 2.24) is 21.3 Å². The Kier molecular flexibility index (Phi) is 24.7. The number of aliphatic hydroxyl groups excluding tert-OH is 1. The summed E-state index contributed by atoms with van der Waals surface area (Å²) < 4.78 is 0. The summed E-state index contributed by atoms with van der Waals surface area (Å²) >= 11 is 1.35. The van der Waals surface area contributed by atoms with Crippen LogP contribution in [0.15, 0.2) is 0 Å². The van der Waals surface area contributed by atoms with E-state index in [0.717, 1.165) is 38.5 Å². The number of unbranched alkanes of at least 4 members (excludes halogenated alkanes) is 16. The van der Waals surface area contributed by atoms with Crippen LogP contribution < -0.4 is 21.3 Å². The lowest BCUT2D eigenvalue weighted by molar-refractivity contribution is -0.124. The average molecular weight is 671 g/mol. The Morgan fingerprint density at radius 1 is 0.674 bits per heavy atom. The van der Waals surface area contributed by atoms with Crippen molar-refractivity contribution >= 4 is 35.6 Å². The lowest BCUT2D eigenvalue weighted by Gasteiger charge is -2.23. The number of amides is 4. The minimum atomic E-state index is -1.30. The first-order chi connectivity index (χ1) is 22.2. The van der Waals surface area contributed by atoms with Crippen molar-refractivity contribution in [2.75, 3.05) is 24.7 Å². The van der Waals surface area contributed by atoms with Crippen molar-refractivity contribution in [2.45, 2.75) is 173 Å². The second-order valence-electron chi connectivity index (χ2n) is 13.2. The minimum Gasteiger partial charge on any atom is -0.465 e. The number of hydrogen-bond acceptors (Lipinski definition) is 6. The predicted molar refractivity (Wildman–Crippen MR) is 188 cm³/mol. The Labute approximate surface area is 283 Å². The molecular weight excluding hydrogens is 604 g/mol. The number of aliphatic hydroxyl groups is 1. The van der Waals surface area contributed by atoms with Crippen LogP contribution in [0.1, 0.15) is 155 Å². The molecule has 4 amide bonds. The molecule has 0 unspecified atom stereocenters. The zero-order valence-electron chi connectivity index (χ0n) is 29.0. The van der Waals surface area contributed by atoms with E-state index >= 15 is 0 Å². The molecule has 2 atom stereocenters. The zero-order valence-corrected chi connectivity index (χ0v) is 29.8. The number of thioether (sulfide) groups is 1. The Balaban J connectivity index is 2.51. The third-order valence-corrected chi connectivity index (χ3v) is 9.89. The maximum absolute atomic E-state index is 12.8. The molecule has 0 heterocycles. The standard InChI is InChI=1S/C35H66N4O6S/c1-3-5-7-9-11-13-15-17-19-21-31(41)36-25-29(37-32(42)22-20-18-16-14-12-10-8-6-4-2)26-46-27-30(38-34(44)45)33(43)39-35(28-40)23-24-35/h29-30,38,40H,3-28H2,1-2H3,(H,36,41)(H,37,42)(H,39,43)(H,44,45)/t29-,30+/m1/s1. The van der Waals surface area contributed by atoms with Gasteiger partial charge in [0, 0.05) is 30.9 Å². The Hall–Kier alpha value is -2.01. The molecule has 1 aliphatic carbocycles. The highest BCUT2D eigenvalue weighted by Crippen LogP contribution is 2.34. The van der Waals surface area contributed by atoms with E-state index < -0.39 is 23.6 Å². The van der Waals surface area contributed by atoms with Gasteiger partial charge in [-0.3, -0.25) is 14.4 Å². The molecule has 0 spiro atoms. The number of carbonyl (C=O) groups excluding carboxylic acids is 3. The van der Waals surface area contributed by atoms with Crippen LogP contribution in [0.3, 0.4) is 0 Å². The van der Waals surface area contributed by atoms with Crippen molar-refractivity contribution in [3.05, 3.63) is 0 Å². The van der Waals surface area contributed by atoms with Gasteiger partial charge in [0.1, 0.15) is 6.04 Å². The summed E-state index contributed by atoms with van der Waals surface area (Å²) in [6.45, 7) is 4.54. The van der Waals surface area contributed by atoms with E-state index in [4.69, 9.17) is 0 Å². The van der Waals surface area contributed by atoms with Crippen molar-refractivity contribution in [1.29, 1.82) is 0 Å². The van der Waals surface area contributed by atoms with Crippen molar-refractivity contribution < 1.29 is 29.4 Å². The lowest BCUT2D eigenvalue weighted by Crippen LogP contribution is -2.52. The summed E-state index contributed by atoms with van der Waals surface area (Å²) in [7, 11) is 0. The Bertz CT molecular complexity index is 842. The van der Waals surface area contributed by atoms with E-state index in [-0.39, 0.29) is 36.8 Å². The SMILES string of the molecule is CCCCCCCCCCCC(=O)NC[C@H](CSC[C@H](NC(=O)O)C(=O)NC1(CO)CC1)NC(=O)CCCCCCCCCCC. The third kappa shape index (κ3) is 22.5. The summed E-state index contributed by atoms with van der Waals surface area (Å²) in [6, 6.07) is -1.34. The average Bonchev–Trinajstić information content (AvgIpc) is 3.80. The van der Waals surface area contributed by atoms with E-state index in [1.165, 1.54) is 88.8 Å². The van der Waals surface area contributed by atoms with Gasteiger partial charge in [-0.1, -0.05) is 117 Å². The van der Waals surface area contributed by atoms with E-state index in [0.29, 0.717) is 31.4 Å². The monoisotopic (exact) mass is 670 g/mol. The molecule has 11 heteroatoms. The molecule has 0 aromatic heterocycles. The maximum atomic E-state index is 12.8. The van der Waals surface area contributed by atoms with Crippen LogP contribution in [-0.4, -0.2) is 76.3 Å². The summed E-state index contributed by atoms with van der Waals surface area (Å²) in [5.74, 6) is 0.0175. The van der Waals surface area contributed by atoms with Gasteiger partial charge in [0.05, 0.1) is 18.2 Å². The second-order valence-corrected chi connectivity index (χ2v) is 14.3.